The summed E-state index contributed by atoms with van der Waals surface area (Å²) in [5, 5.41) is 9.60. The second-order valence-corrected chi connectivity index (χ2v) is 5.05. The van der Waals surface area contributed by atoms with E-state index in [1.54, 1.807) is 7.11 Å². The highest BCUT2D eigenvalue weighted by Crippen LogP contribution is 2.13. The fraction of sp³-hybridized carbons (Fsp3) is 0.500. The van der Waals surface area contributed by atoms with Crippen molar-refractivity contribution in [1.82, 2.24) is 4.90 Å². The molecule has 6 heteroatoms. The molecule has 3 N–H and O–H groups in total. The minimum Gasteiger partial charge on any atom is -0.492 e. The number of methoxy groups -OCH3 is 1. The molecule has 0 radical (unpaired) electrons. The van der Waals surface area contributed by atoms with E-state index in [4.69, 9.17) is 27.4 Å². The van der Waals surface area contributed by atoms with Crippen LogP contribution in [0, 0.1) is 0 Å². The lowest BCUT2D eigenvalue weighted by Crippen LogP contribution is -2.34. The summed E-state index contributed by atoms with van der Waals surface area (Å²) in [6, 6.07) is 7.39. The zero-order valence-corrected chi connectivity index (χ0v) is 12.7. The van der Waals surface area contributed by atoms with E-state index in [-0.39, 0.29) is 0 Å². The largest absolute Gasteiger partial charge is 0.492 e. The van der Waals surface area contributed by atoms with Crippen molar-refractivity contribution in [2.75, 3.05) is 40.5 Å². The number of nitrogens with zero attached hydrogens (tertiary/aromatic N) is 1. The van der Waals surface area contributed by atoms with Crippen molar-refractivity contribution < 1.29 is 14.6 Å². The maximum Gasteiger partial charge on any atom is 0.120 e. The van der Waals surface area contributed by atoms with Crippen LogP contribution in [0.2, 0.25) is 0 Å². The third-order valence-corrected chi connectivity index (χ3v) is 2.98. The summed E-state index contributed by atoms with van der Waals surface area (Å²) >= 11 is 4.92. The molecule has 0 fully saturated rings. The van der Waals surface area contributed by atoms with Crippen LogP contribution in [0.4, 0.5) is 0 Å². The van der Waals surface area contributed by atoms with E-state index in [0.29, 0.717) is 31.3 Å². The van der Waals surface area contributed by atoms with E-state index in [0.717, 1.165) is 11.3 Å². The Kier molecular flexibility index (Phi) is 7.46. The Morgan fingerprint density at radius 2 is 2.25 bits per heavy atom. The Hall–Kier alpha value is -1.21. The summed E-state index contributed by atoms with van der Waals surface area (Å²) < 4.78 is 10.5. The molecule has 0 aliphatic rings. The Bertz CT molecular complexity index is 429. The number of aliphatic hydroxyl groups is 1. The summed E-state index contributed by atoms with van der Waals surface area (Å²) in [6.45, 7) is 2.11. The van der Waals surface area contributed by atoms with Crippen molar-refractivity contribution in [3.63, 3.8) is 0 Å². The average Bonchev–Trinajstić information content (AvgIpc) is 2.39. The molecule has 1 rings (SSSR count). The zero-order valence-electron chi connectivity index (χ0n) is 11.9. The monoisotopic (exact) mass is 298 g/mol. The quantitative estimate of drug-likeness (QED) is 0.652. The molecule has 0 aromatic heterocycles. The molecule has 1 atom stereocenters. The normalized spacial score (nSPS) is 12.4. The number of hydrogen-bond donors (Lipinski definition) is 2. The molecule has 0 saturated heterocycles. The van der Waals surface area contributed by atoms with Crippen LogP contribution in [-0.2, 0) is 4.74 Å². The molecule has 1 aromatic carbocycles. The van der Waals surface area contributed by atoms with Crippen LogP contribution in [0.15, 0.2) is 24.3 Å². The Balaban J connectivity index is 2.33. The molecule has 0 aliphatic heterocycles. The van der Waals surface area contributed by atoms with Gasteiger partial charge in [-0.05, 0) is 19.2 Å². The molecule has 0 heterocycles. The highest BCUT2D eigenvalue weighted by molar-refractivity contribution is 7.80. The van der Waals surface area contributed by atoms with Crippen LogP contribution in [0.5, 0.6) is 5.75 Å². The summed E-state index contributed by atoms with van der Waals surface area (Å²) in [4.78, 5) is 2.34. The first-order chi connectivity index (χ1) is 9.52. The lowest BCUT2D eigenvalue weighted by Gasteiger charge is -2.20. The van der Waals surface area contributed by atoms with Gasteiger partial charge in [-0.1, -0.05) is 24.4 Å². The van der Waals surface area contributed by atoms with Crippen LogP contribution < -0.4 is 10.5 Å². The second-order valence-electron chi connectivity index (χ2n) is 4.61. The van der Waals surface area contributed by atoms with Crippen molar-refractivity contribution in [2.24, 2.45) is 5.73 Å². The van der Waals surface area contributed by atoms with E-state index in [9.17, 15) is 5.11 Å². The van der Waals surface area contributed by atoms with Crippen LogP contribution in [0.3, 0.4) is 0 Å². The number of thiocarbonyl (C=S) groups is 1. The van der Waals surface area contributed by atoms with Crippen LogP contribution in [-0.4, -0.2) is 61.6 Å². The molecule has 1 unspecified atom stereocenters. The standard InChI is InChI=1S/C14H22N2O3S/c1-16(9-12(17)10-18-2)6-7-19-13-5-3-4-11(8-13)14(15)20/h3-5,8,12,17H,6-7,9-10H2,1-2H3,(H2,15,20). The number of nitrogens with two attached hydrogens (primary N) is 1. The lowest BCUT2D eigenvalue weighted by molar-refractivity contribution is 0.0410. The minimum absolute atomic E-state index is 0.335. The summed E-state index contributed by atoms with van der Waals surface area (Å²) in [5.74, 6) is 0.737. The van der Waals surface area contributed by atoms with E-state index >= 15 is 0 Å². The van der Waals surface area contributed by atoms with Crippen molar-refractivity contribution in [3.8, 4) is 5.75 Å². The molecule has 0 bridgehead atoms. The Labute approximate surface area is 125 Å². The molecule has 112 valence electrons. The fourth-order valence-corrected chi connectivity index (χ4v) is 1.88. The summed E-state index contributed by atoms with van der Waals surface area (Å²) in [5.41, 5.74) is 6.36. The highest BCUT2D eigenvalue weighted by atomic mass is 32.1. The van der Waals surface area contributed by atoms with Crippen molar-refractivity contribution in [3.05, 3.63) is 29.8 Å². The molecule has 0 saturated carbocycles. The van der Waals surface area contributed by atoms with Crippen LogP contribution >= 0.6 is 12.2 Å². The molecule has 0 amide bonds. The van der Waals surface area contributed by atoms with E-state index in [1.165, 1.54) is 0 Å². The van der Waals surface area contributed by atoms with Gasteiger partial charge in [0.2, 0.25) is 0 Å². The summed E-state index contributed by atoms with van der Waals surface area (Å²) in [7, 11) is 3.49. The van der Waals surface area contributed by atoms with Gasteiger partial charge in [0.15, 0.2) is 0 Å². The SMILES string of the molecule is COCC(O)CN(C)CCOc1cccc(C(N)=S)c1. The Morgan fingerprint density at radius 1 is 1.50 bits per heavy atom. The van der Waals surface area contributed by atoms with Gasteiger partial charge in [-0.2, -0.15) is 0 Å². The van der Waals surface area contributed by atoms with Crippen LogP contribution in [0.25, 0.3) is 0 Å². The minimum atomic E-state index is -0.483. The number of hydrogen-bond acceptors (Lipinski definition) is 5. The smallest absolute Gasteiger partial charge is 0.120 e. The van der Waals surface area contributed by atoms with Gasteiger partial charge in [0.25, 0.3) is 0 Å². The third kappa shape index (κ3) is 6.29. The first-order valence-electron chi connectivity index (χ1n) is 6.41. The maximum atomic E-state index is 9.60. The van der Waals surface area contributed by atoms with Crippen LogP contribution in [0.1, 0.15) is 5.56 Å². The first kappa shape index (κ1) is 16.8. The highest BCUT2D eigenvalue weighted by Gasteiger charge is 2.07. The van der Waals surface area contributed by atoms with Gasteiger partial charge in [-0.15, -0.1) is 0 Å². The van der Waals surface area contributed by atoms with Crippen molar-refractivity contribution >= 4 is 17.2 Å². The molecule has 5 nitrogen and oxygen atoms in total. The average molecular weight is 298 g/mol. The van der Waals surface area contributed by atoms with Gasteiger partial charge < -0.3 is 25.2 Å². The predicted molar refractivity (Wildman–Crippen MR) is 83.2 cm³/mol. The molecular formula is C14H22N2O3S. The van der Waals surface area contributed by atoms with E-state index < -0.39 is 6.10 Å². The number of rotatable bonds is 9. The molecule has 1 aromatic rings. The topological polar surface area (TPSA) is 68.0 Å². The molecule has 0 aliphatic carbocycles. The maximum absolute atomic E-state index is 9.60. The number of likely N-dealkylation sites (N-methyl/N-ethyl adjacent to an activating group) is 1. The number of ether oxygens (including phenoxy) is 2. The molecular weight excluding hydrogens is 276 g/mol. The number of benzene rings is 1. The van der Waals surface area contributed by atoms with Gasteiger partial charge in [0, 0.05) is 25.8 Å². The third-order valence-electron chi connectivity index (χ3n) is 2.74. The van der Waals surface area contributed by atoms with Gasteiger partial charge in [0.05, 0.1) is 12.7 Å². The first-order valence-corrected chi connectivity index (χ1v) is 6.82. The number of aliphatic hydroxyl groups excluding tert-OH is 1. The Morgan fingerprint density at radius 3 is 2.90 bits per heavy atom. The lowest BCUT2D eigenvalue weighted by atomic mass is 10.2. The zero-order chi connectivity index (χ0) is 15.0. The molecule has 20 heavy (non-hydrogen) atoms. The predicted octanol–water partition coefficient (Wildman–Crippen LogP) is 0.639. The van der Waals surface area contributed by atoms with Gasteiger partial charge >= 0.3 is 0 Å². The fourth-order valence-electron chi connectivity index (χ4n) is 1.75. The van der Waals surface area contributed by atoms with Crippen molar-refractivity contribution in [1.29, 1.82) is 0 Å². The van der Waals surface area contributed by atoms with Gasteiger partial charge in [-0.3, -0.25) is 0 Å². The molecule has 0 spiro atoms. The summed E-state index contributed by atoms with van der Waals surface area (Å²) in [6.07, 6.45) is -0.483. The second kappa shape index (κ2) is 8.86. The van der Waals surface area contributed by atoms with Gasteiger partial charge in [-0.25, -0.2) is 0 Å². The van der Waals surface area contributed by atoms with E-state index in [1.807, 2.05) is 36.2 Å². The van der Waals surface area contributed by atoms with Crippen molar-refractivity contribution in [2.45, 2.75) is 6.10 Å². The van der Waals surface area contributed by atoms with Gasteiger partial charge in [0.1, 0.15) is 17.3 Å². The van der Waals surface area contributed by atoms with E-state index in [2.05, 4.69) is 0 Å².